The summed E-state index contributed by atoms with van der Waals surface area (Å²) in [5.74, 6) is -1.28. The molecule has 0 saturated heterocycles. The summed E-state index contributed by atoms with van der Waals surface area (Å²) in [6.45, 7) is 8.69. The van der Waals surface area contributed by atoms with Gasteiger partial charge in [-0.25, -0.2) is 9.59 Å². The van der Waals surface area contributed by atoms with Gasteiger partial charge in [-0.05, 0) is 19.8 Å². The van der Waals surface area contributed by atoms with E-state index in [4.69, 9.17) is 14.9 Å². The first kappa shape index (κ1) is 20.7. The second-order valence-corrected chi connectivity index (χ2v) is 4.30. The Hall–Kier alpha value is -1.62. The molecule has 0 unspecified atom stereocenters. The van der Waals surface area contributed by atoms with E-state index in [2.05, 4.69) is 13.2 Å². The smallest absolute Gasteiger partial charge is 0.330 e. The van der Waals surface area contributed by atoms with Gasteiger partial charge in [-0.15, -0.1) is 0 Å². The van der Waals surface area contributed by atoms with Gasteiger partial charge in [-0.3, -0.25) is 0 Å². The number of hydrogen-bond donors (Lipinski definition) is 2. The summed E-state index contributed by atoms with van der Waals surface area (Å²) in [5, 5.41) is 16.4. The van der Waals surface area contributed by atoms with Crippen LogP contribution in [0.1, 0.15) is 45.4 Å². The van der Waals surface area contributed by atoms with Gasteiger partial charge in [-0.1, -0.05) is 38.8 Å². The first-order valence-electron chi connectivity index (χ1n) is 6.74. The van der Waals surface area contributed by atoms with Crippen molar-refractivity contribution in [3.63, 3.8) is 0 Å². The summed E-state index contributed by atoms with van der Waals surface area (Å²) < 4.78 is 4.82. The number of hydrogen-bond acceptors (Lipinski definition) is 4. The number of carboxylic acid groups (broad SMARTS) is 1. The van der Waals surface area contributed by atoms with Crippen LogP contribution in [0.5, 0.6) is 0 Å². The molecule has 20 heavy (non-hydrogen) atoms. The van der Waals surface area contributed by atoms with E-state index in [1.807, 2.05) is 0 Å². The molecule has 0 aromatic rings. The van der Waals surface area contributed by atoms with Crippen LogP contribution >= 0.6 is 0 Å². The van der Waals surface area contributed by atoms with Crippen molar-refractivity contribution in [3.8, 4) is 0 Å². The molecule has 0 aromatic carbocycles. The van der Waals surface area contributed by atoms with Crippen molar-refractivity contribution in [1.29, 1.82) is 0 Å². The maximum absolute atomic E-state index is 10.6. The van der Waals surface area contributed by atoms with E-state index in [0.717, 1.165) is 38.5 Å². The molecular weight excluding hydrogens is 260 g/mol. The van der Waals surface area contributed by atoms with Gasteiger partial charge in [0.2, 0.25) is 0 Å². The van der Waals surface area contributed by atoms with Gasteiger partial charge >= 0.3 is 11.9 Å². The fourth-order valence-corrected chi connectivity index (χ4v) is 1.15. The molecule has 0 bridgehead atoms. The summed E-state index contributed by atoms with van der Waals surface area (Å²) in [7, 11) is 0. The minimum atomic E-state index is -0.935. The lowest BCUT2D eigenvalue weighted by atomic mass is 10.1. The molecule has 0 atom stereocenters. The van der Waals surface area contributed by atoms with Gasteiger partial charge in [0, 0.05) is 18.3 Å². The van der Waals surface area contributed by atoms with Crippen molar-refractivity contribution in [2.24, 2.45) is 0 Å². The fourth-order valence-electron chi connectivity index (χ4n) is 1.15. The number of aliphatic carboxylic acids is 1. The van der Waals surface area contributed by atoms with E-state index >= 15 is 0 Å². The minimum Gasteiger partial charge on any atom is -0.478 e. The Morgan fingerprint density at radius 2 is 1.55 bits per heavy atom. The summed E-state index contributed by atoms with van der Waals surface area (Å²) in [5.41, 5.74) is 0.176. The van der Waals surface area contributed by atoms with Crippen LogP contribution in [0.2, 0.25) is 0 Å². The predicted octanol–water partition coefficient (Wildman–Crippen LogP) is 2.70. The highest BCUT2D eigenvalue weighted by Crippen LogP contribution is 2.04. The lowest BCUT2D eigenvalue weighted by Crippen LogP contribution is -2.01. The molecular formula is C15H26O5. The topological polar surface area (TPSA) is 83.8 Å². The third-order valence-electron chi connectivity index (χ3n) is 2.33. The third-order valence-corrected chi connectivity index (χ3v) is 2.33. The molecule has 0 radical (unpaired) electrons. The molecule has 0 aromatic heterocycles. The number of carboxylic acids is 1. The van der Waals surface area contributed by atoms with Crippen molar-refractivity contribution in [2.75, 3.05) is 13.2 Å². The molecule has 0 aliphatic rings. The van der Waals surface area contributed by atoms with E-state index in [9.17, 15) is 9.59 Å². The van der Waals surface area contributed by atoms with Crippen LogP contribution in [-0.2, 0) is 14.3 Å². The van der Waals surface area contributed by atoms with Crippen molar-refractivity contribution in [3.05, 3.63) is 24.8 Å². The van der Waals surface area contributed by atoms with Gasteiger partial charge in [0.05, 0.1) is 6.61 Å². The molecule has 116 valence electrons. The first-order chi connectivity index (χ1) is 9.45. The zero-order valence-corrected chi connectivity index (χ0v) is 12.3. The Morgan fingerprint density at radius 3 is 1.95 bits per heavy atom. The summed E-state index contributed by atoms with van der Waals surface area (Å²) in [4.78, 5) is 20.2. The highest BCUT2D eigenvalue weighted by Gasteiger charge is 1.95. The van der Waals surface area contributed by atoms with Crippen molar-refractivity contribution in [1.82, 2.24) is 0 Å². The van der Waals surface area contributed by atoms with E-state index in [1.165, 1.54) is 13.0 Å². The van der Waals surface area contributed by atoms with Crippen LogP contribution in [-0.4, -0.2) is 35.4 Å². The largest absolute Gasteiger partial charge is 0.478 e. The highest BCUT2D eigenvalue weighted by molar-refractivity contribution is 5.84. The maximum Gasteiger partial charge on any atom is 0.330 e. The lowest BCUT2D eigenvalue weighted by Gasteiger charge is -2.01. The number of unbranched alkanes of at least 4 members (excludes halogenated alkanes) is 5. The predicted molar refractivity (Wildman–Crippen MR) is 78.4 cm³/mol. The van der Waals surface area contributed by atoms with E-state index in [0.29, 0.717) is 6.61 Å². The molecule has 5 nitrogen and oxygen atoms in total. The molecule has 0 rings (SSSR count). The summed E-state index contributed by atoms with van der Waals surface area (Å²) in [6.07, 6.45) is 7.45. The Bertz CT molecular complexity index is 285. The van der Waals surface area contributed by atoms with Crippen LogP contribution in [0.4, 0.5) is 0 Å². The van der Waals surface area contributed by atoms with Crippen LogP contribution in [0, 0.1) is 0 Å². The van der Waals surface area contributed by atoms with Gasteiger partial charge in [0.1, 0.15) is 0 Å². The molecule has 0 saturated carbocycles. The fraction of sp³-hybridized carbons (Fsp3) is 0.600. The van der Waals surface area contributed by atoms with Crippen LogP contribution in [0.3, 0.4) is 0 Å². The molecule has 0 fully saturated rings. The monoisotopic (exact) mass is 286 g/mol. The molecule has 0 aliphatic heterocycles. The summed E-state index contributed by atoms with van der Waals surface area (Å²) >= 11 is 0. The number of rotatable bonds is 10. The van der Waals surface area contributed by atoms with E-state index in [-0.39, 0.29) is 18.1 Å². The normalized spacial score (nSPS) is 9.10. The van der Waals surface area contributed by atoms with Crippen LogP contribution in [0.15, 0.2) is 24.8 Å². The number of aliphatic hydroxyl groups excluding tert-OH is 1. The quantitative estimate of drug-likeness (QED) is 0.366. The van der Waals surface area contributed by atoms with Crippen LogP contribution < -0.4 is 0 Å². The number of aliphatic hydroxyl groups is 1. The Balaban J connectivity index is 0. The zero-order valence-electron chi connectivity index (χ0n) is 12.3. The SMILES string of the molecule is C=C(C)C(=O)O.C=CC(=O)OCCCCCCCCO. The first-order valence-corrected chi connectivity index (χ1v) is 6.74. The maximum atomic E-state index is 10.6. The Labute approximate surface area is 121 Å². The number of ether oxygens (including phenoxy) is 1. The number of carbonyl (C=O) groups excluding carboxylic acids is 1. The van der Waals surface area contributed by atoms with Crippen molar-refractivity contribution >= 4 is 11.9 Å². The van der Waals surface area contributed by atoms with Gasteiger partial charge < -0.3 is 14.9 Å². The van der Waals surface area contributed by atoms with Crippen molar-refractivity contribution < 1.29 is 24.5 Å². The highest BCUT2D eigenvalue weighted by atomic mass is 16.5. The van der Waals surface area contributed by atoms with Crippen LogP contribution in [0.25, 0.3) is 0 Å². The second kappa shape index (κ2) is 15.4. The average Bonchev–Trinajstić information content (AvgIpc) is 2.42. The molecule has 0 spiro atoms. The average molecular weight is 286 g/mol. The second-order valence-electron chi connectivity index (χ2n) is 4.30. The Morgan fingerprint density at radius 1 is 1.10 bits per heavy atom. The number of carbonyl (C=O) groups is 2. The minimum absolute atomic E-state index is 0.176. The lowest BCUT2D eigenvalue weighted by molar-refractivity contribution is -0.138. The molecule has 5 heteroatoms. The summed E-state index contributed by atoms with van der Waals surface area (Å²) in [6, 6.07) is 0. The Kier molecular flexibility index (Phi) is 16.0. The van der Waals surface area contributed by atoms with Gasteiger partial charge in [-0.2, -0.15) is 0 Å². The molecule has 0 amide bonds. The molecule has 0 aliphatic carbocycles. The van der Waals surface area contributed by atoms with Crippen molar-refractivity contribution in [2.45, 2.75) is 45.4 Å². The standard InChI is InChI=1S/C11H20O3.C4H6O2/c1-2-11(13)14-10-8-6-4-3-5-7-9-12;1-3(2)4(5)6/h2,12H,1,3-10H2;1H2,2H3,(H,5,6). The molecule has 2 N–H and O–H groups in total. The van der Waals surface area contributed by atoms with Gasteiger partial charge in [0.15, 0.2) is 0 Å². The molecule has 0 heterocycles. The van der Waals surface area contributed by atoms with E-state index < -0.39 is 5.97 Å². The number of esters is 1. The third kappa shape index (κ3) is 18.7. The van der Waals surface area contributed by atoms with Gasteiger partial charge in [0.25, 0.3) is 0 Å². The zero-order chi connectivity index (χ0) is 15.8. The van der Waals surface area contributed by atoms with E-state index in [1.54, 1.807) is 0 Å².